The minimum absolute atomic E-state index is 0.331. The standard InChI is InChI=1S/C23H30N4O3/c1-24-23(25-15-18-7-9-19(10-8-18)22(28)29-2)26-16-20-5-3-4-6-21(20)17-27-11-13-30-14-12-27/h3-10H,11-17H2,1-2H3,(H2,24,25,26). The lowest BCUT2D eigenvalue weighted by Gasteiger charge is -2.27. The van der Waals surface area contributed by atoms with Crippen LogP contribution < -0.4 is 10.6 Å². The molecule has 0 aromatic heterocycles. The fourth-order valence-electron chi connectivity index (χ4n) is 3.35. The number of rotatable bonds is 7. The molecular formula is C23H30N4O3. The molecule has 0 bridgehead atoms. The summed E-state index contributed by atoms with van der Waals surface area (Å²) < 4.78 is 10.2. The van der Waals surface area contributed by atoms with Gasteiger partial charge in [0, 0.05) is 39.8 Å². The molecule has 7 nitrogen and oxygen atoms in total. The van der Waals surface area contributed by atoms with Gasteiger partial charge >= 0.3 is 5.97 Å². The predicted molar refractivity (Wildman–Crippen MR) is 117 cm³/mol. The Morgan fingerprint density at radius 1 is 1.03 bits per heavy atom. The van der Waals surface area contributed by atoms with E-state index in [1.165, 1.54) is 18.2 Å². The lowest BCUT2D eigenvalue weighted by Crippen LogP contribution is -2.37. The average molecular weight is 411 g/mol. The van der Waals surface area contributed by atoms with Crippen LogP contribution in [-0.4, -0.2) is 57.3 Å². The maximum Gasteiger partial charge on any atom is 0.337 e. The van der Waals surface area contributed by atoms with Crippen molar-refractivity contribution in [2.45, 2.75) is 19.6 Å². The van der Waals surface area contributed by atoms with Crippen molar-refractivity contribution in [1.82, 2.24) is 15.5 Å². The number of aliphatic imine (C=N–C) groups is 1. The van der Waals surface area contributed by atoms with Gasteiger partial charge in [0.15, 0.2) is 5.96 Å². The second-order valence-corrected chi connectivity index (χ2v) is 7.13. The van der Waals surface area contributed by atoms with Crippen LogP contribution in [0.1, 0.15) is 27.0 Å². The Hall–Kier alpha value is -2.90. The summed E-state index contributed by atoms with van der Waals surface area (Å²) in [4.78, 5) is 18.3. The number of hydrogen-bond donors (Lipinski definition) is 2. The van der Waals surface area contributed by atoms with E-state index in [-0.39, 0.29) is 5.97 Å². The van der Waals surface area contributed by atoms with E-state index in [9.17, 15) is 4.79 Å². The highest BCUT2D eigenvalue weighted by Gasteiger charge is 2.13. The molecule has 0 saturated carbocycles. The molecule has 1 saturated heterocycles. The highest BCUT2D eigenvalue weighted by molar-refractivity contribution is 5.89. The van der Waals surface area contributed by atoms with Crippen molar-refractivity contribution in [2.75, 3.05) is 40.5 Å². The van der Waals surface area contributed by atoms with Crippen LogP contribution in [0.5, 0.6) is 0 Å². The maximum atomic E-state index is 11.5. The monoisotopic (exact) mass is 410 g/mol. The van der Waals surface area contributed by atoms with Crippen LogP contribution in [0.2, 0.25) is 0 Å². The first-order valence-electron chi connectivity index (χ1n) is 10.2. The summed E-state index contributed by atoms with van der Waals surface area (Å²) in [5.41, 5.74) is 4.18. The SMILES string of the molecule is CN=C(NCc1ccc(C(=O)OC)cc1)NCc1ccccc1CN1CCOCC1. The number of carbonyl (C=O) groups is 1. The number of benzene rings is 2. The minimum atomic E-state index is -0.331. The van der Waals surface area contributed by atoms with Gasteiger partial charge in [-0.15, -0.1) is 0 Å². The van der Waals surface area contributed by atoms with E-state index in [2.05, 4.69) is 44.8 Å². The first-order chi connectivity index (χ1) is 14.7. The highest BCUT2D eigenvalue weighted by Crippen LogP contribution is 2.13. The highest BCUT2D eigenvalue weighted by atomic mass is 16.5. The van der Waals surface area contributed by atoms with Gasteiger partial charge in [-0.2, -0.15) is 0 Å². The van der Waals surface area contributed by atoms with Crippen molar-refractivity contribution >= 4 is 11.9 Å². The molecule has 1 aliphatic rings. The van der Waals surface area contributed by atoms with Crippen molar-refractivity contribution < 1.29 is 14.3 Å². The third-order valence-corrected chi connectivity index (χ3v) is 5.12. The van der Waals surface area contributed by atoms with Gasteiger partial charge in [0.25, 0.3) is 0 Å². The molecule has 7 heteroatoms. The van der Waals surface area contributed by atoms with E-state index >= 15 is 0 Å². The zero-order valence-electron chi connectivity index (χ0n) is 17.7. The van der Waals surface area contributed by atoms with Crippen molar-refractivity contribution in [3.8, 4) is 0 Å². The Morgan fingerprint density at radius 2 is 1.70 bits per heavy atom. The summed E-state index contributed by atoms with van der Waals surface area (Å²) in [5, 5.41) is 6.71. The van der Waals surface area contributed by atoms with E-state index in [4.69, 9.17) is 9.47 Å². The number of guanidine groups is 1. The molecule has 0 aliphatic carbocycles. The van der Waals surface area contributed by atoms with Crippen molar-refractivity contribution in [1.29, 1.82) is 0 Å². The molecule has 0 spiro atoms. The zero-order chi connectivity index (χ0) is 21.2. The summed E-state index contributed by atoms with van der Waals surface area (Å²) in [6, 6.07) is 15.8. The summed E-state index contributed by atoms with van der Waals surface area (Å²) in [6.07, 6.45) is 0. The molecule has 2 N–H and O–H groups in total. The second kappa shape index (κ2) is 11.3. The number of ether oxygens (including phenoxy) is 2. The van der Waals surface area contributed by atoms with Gasteiger partial charge in [-0.05, 0) is 28.8 Å². The van der Waals surface area contributed by atoms with Crippen LogP contribution in [0, 0.1) is 0 Å². The Bertz CT molecular complexity index is 846. The first kappa shape index (κ1) is 21.8. The van der Waals surface area contributed by atoms with Crippen LogP contribution in [0.3, 0.4) is 0 Å². The molecule has 1 fully saturated rings. The van der Waals surface area contributed by atoms with Crippen LogP contribution in [0.15, 0.2) is 53.5 Å². The van der Waals surface area contributed by atoms with Crippen molar-refractivity contribution in [3.05, 3.63) is 70.8 Å². The molecular weight excluding hydrogens is 380 g/mol. The van der Waals surface area contributed by atoms with Crippen LogP contribution in [0.4, 0.5) is 0 Å². The molecule has 30 heavy (non-hydrogen) atoms. The predicted octanol–water partition coefficient (Wildman–Crippen LogP) is 2.17. The molecule has 2 aromatic carbocycles. The maximum absolute atomic E-state index is 11.5. The normalized spacial score (nSPS) is 14.9. The van der Waals surface area contributed by atoms with Crippen LogP contribution >= 0.6 is 0 Å². The topological polar surface area (TPSA) is 75.2 Å². The average Bonchev–Trinajstić information content (AvgIpc) is 2.80. The van der Waals surface area contributed by atoms with Gasteiger partial charge in [-0.3, -0.25) is 9.89 Å². The zero-order valence-corrected chi connectivity index (χ0v) is 17.7. The summed E-state index contributed by atoms with van der Waals surface area (Å²) >= 11 is 0. The lowest BCUT2D eigenvalue weighted by molar-refractivity contribution is 0.0341. The minimum Gasteiger partial charge on any atom is -0.465 e. The molecule has 1 aliphatic heterocycles. The number of nitrogens with zero attached hydrogens (tertiary/aromatic N) is 2. The van der Waals surface area contributed by atoms with Crippen LogP contribution in [-0.2, 0) is 29.1 Å². The van der Waals surface area contributed by atoms with Crippen molar-refractivity contribution in [2.24, 2.45) is 4.99 Å². The van der Waals surface area contributed by atoms with Crippen molar-refractivity contribution in [3.63, 3.8) is 0 Å². The molecule has 0 unspecified atom stereocenters. The molecule has 0 amide bonds. The number of hydrogen-bond acceptors (Lipinski definition) is 5. The molecule has 0 atom stereocenters. The van der Waals surface area contributed by atoms with E-state index in [0.717, 1.165) is 44.4 Å². The largest absolute Gasteiger partial charge is 0.465 e. The van der Waals surface area contributed by atoms with Crippen LogP contribution in [0.25, 0.3) is 0 Å². The lowest BCUT2D eigenvalue weighted by atomic mass is 10.1. The summed E-state index contributed by atoms with van der Waals surface area (Å²) in [5.74, 6) is 0.399. The molecule has 2 aromatic rings. The third kappa shape index (κ3) is 6.30. The second-order valence-electron chi connectivity index (χ2n) is 7.13. The number of carbonyl (C=O) groups excluding carboxylic acids is 1. The number of esters is 1. The van der Waals surface area contributed by atoms with E-state index in [1.54, 1.807) is 19.2 Å². The fraction of sp³-hybridized carbons (Fsp3) is 0.391. The Kier molecular flexibility index (Phi) is 8.23. The van der Waals surface area contributed by atoms with Gasteiger partial charge in [-0.1, -0.05) is 36.4 Å². The number of methoxy groups -OCH3 is 1. The Morgan fingerprint density at radius 3 is 2.37 bits per heavy atom. The fourth-order valence-corrected chi connectivity index (χ4v) is 3.35. The smallest absolute Gasteiger partial charge is 0.337 e. The van der Waals surface area contributed by atoms with Gasteiger partial charge in [0.05, 0.1) is 25.9 Å². The summed E-state index contributed by atoms with van der Waals surface area (Å²) in [6.45, 7) is 5.78. The summed E-state index contributed by atoms with van der Waals surface area (Å²) in [7, 11) is 3.14. The third-order valence-electron chi connectivity index (χ3n) is 5.12. The first-order valence-corrected chi connectivity index (χ1v) is 10.2. The Balaban J connectivity index is 1.52. The molecule has 160 valence electrons. The molecule has 3 rings (SSSR count). The van der Waals surface area contributed by atoms with E-state index in [0.29, 0.717) is 18.7 Å². The van der Waals surface area contributed by atoms with E-state index < -0.39 is 0 Å². The number of morpholine rings is 1. The molecule has 1 heterocycles. The van der Waals surface area contributed by atoms with Gasteiger partial charge < -0.3 is 20.1 Å². The van der Waals surface area contributed by atoms with Gasteiger partial charge in [0.1, 0.15) is 0 Å². The number of nitrogens with one attached hydrogen (secondary N) is 2. The van der Waals surface area contributed by atoms with E-state index in [1.807, 2.05) is 12.1 Å². The van der Waals surface area contributed by atoms with Gasteiger partial charge in [-0.25, -0.2) is 4.79 Å². The van der Waals surface area contributed by atoms with Gasteiger partial charge in [0.2, 0.25) is 0 Å². The molecule has 0 radical (unpaired) electrons. The quantitative estimate of drug-likeness (QED) is 0.414. The Labute approximate surface area is 178 Å².